The number of hydrogen-bond acceptors (Lipinski definition) is 4. The number of nitrogens with one attached hydrogen (secondary N) is 2. The minimum absolute atomic E-state index is 0.0424. The smallest absolute Gasteiger partial charge is 0.239 e. The second-order valence-corrected chi connectivity index (χ2v) is 5.81. The molecule has 3 heterocycles. The molecule has 1 aromatic rings. The number of hydrogen-bond donors (Lipinski definition) is 2. The number of rotatable bonds is 4. The molecule has 0 bridgehead atoms. The van der Waals surface area contributed by atoms with Crippen molar-refractivity contribution in [3.63, 3.8) is 0 Å². The molecule has 2 saturated heterocycles. The lowest BCUT2D eigenvalue weighted by atomic mass is 10.1. The van der Waals surface area contributed by atoms with Crippen LogP contribution in [0.4, 0.5) is 4.39 Å². The van der Waals surface area contributed by atoms with E-state index in [2.05, 4.69) is 15.6 Å². The van der Waals surface area contributed by atoms with Gasteiger partial charge in [-0.25, -0.2) is 4.39 Å². The highest BCUT2D eigenvalue weighted by Gasteiger charge is 2.35. The molecule has 5 nitrogen and oxygen atoms in total. The predicted molar refractivity (Wildman–Crippen MR) is 77.4 cm³/mol. The Labute approximate surface area is 123 Å². The Kier molecular flexibility index (Phi) is 4.45. The van der Waals surface area contributed by atoms with Crippen LogP contribution in [0.3, 0.4) is 0 Å². The molecule has 1 amide bonds. The number of halogens is 1. The van der Waals surface area contributed by atoms with Crippen molar-refractivity contribution < 1.29 is 9.18 Å². The first-order valence-corrected chi connectivity index (χ1v) is 7.51. The van der Waals surface area contributed by atoms with Gasteiger partial charge in [-0.2, -0.15) is 0 Å². The SMILES string of the molecule is O=C([C@@H]1C[C@H](NCc2cccnc2)CN1)N1CCC(F)C1. The number of carbonyl (C=O) groups excluding carboxylic acids is 1. The maximum Gasteiger partial charge on any atom is 0.239 e. The Balaban J connectivity index is 1.46. The molecule has 0 aliphatic carbocycles. The summed E-state index contributed by atoms with van der Waals surface area (Å²) in [5, 5.41) is 6.68. The predicted octanol–water partition coefficient (Wildman–Crippen LogP) is 0.472. The van der Waals surface area contributed by atoms with Crippen LogP contribution in [0.1, 0.15) is 18.4 Å². The van der Waals surface area contributed by atoms with Crippen molar-refractivity contribution >= 4 is 5.91 Å². The molecule has 6 heteroatoms. The highest BCUT2D eigenvalue weighted by molar-refractivity contribution is 5.82. The summed E-state index contributed by atoms with van der Waals surface area (Å²) in [4.78, 5) is 18.0. The number of nitrogens with zero attached hydrogens (tertiary/aromatic N) is 2. The van der Waals surface area contributed by atoms with Crippen molar-refractivity contribution in [2.75, 3.05) is 19.6 Å². The van der Waals surface area contributed by atoms with E-state index < -0.39 is 6.17 Å². The molecule has 2 aliphatic rings. The summed E-state index contributed by atoms with van der Waals surface area (Å²) < 4.78 is 13.2. The third-order valence-corrected chi connectivity index (χ3v) is 4.19. The van der Waals surface area contributed by atoms with Crippen molar-refractivity contribution in [2.45, 2.75) is 37.6 Å². The number of aromatic nitrogens is 1. The van der Waals surface area contributed by atoms with Gasteiger partial charge in [-0.1, -0.05) is 6.07 Å². The summed E-state index contributed by atoms with van der Waals surface area (Å²) in [6, 6.07) is 4.03. The van der Waals surface area contributed by atoms with E-state index in [4.69, 9.17) is 0 Å². The molecule has 3 rings (SSSR count). The number of pyridine rings is 1. The Bertz CT molecular complexity index is 484. The number of likely N-dealkylation sites (tertiary alicyclic amines) is 1. The van der Waals surface area contributed by atoms with Gasteiger partial charge in [-0.05, 0) is 24.5 Å². The van der Waals surface area contributed by atoms with E-state index >= 15 is 0 Å². The second-order valence-electron chi connectivity index (χ2n) is 5.81. The lowest BCUT2D eigenvalue weighted by Crippen LogP contribution is -2.42. The zero-order chi connectivity index (χ0) is 14.7. The van der Waals surface area contributed by atoms with Crippen LogP contribution in [-0.2, 0) is 11.3 Å². The molecule has 2 N–H and O–H groups in total. The zero-order valence-corrected chi connectivity index (χ0v) is 12.0. The molecular formula is C15H21FN4O. The van der Waals surface area contributed by atoms with E-state index in [1.165, 1.54) is 0 Å². The van der Waals surface area contributed by atoms with Crippen molar-refractivity contribution in [3.8, 4) is 0 Å². The first-order valence-electron chi connectivity index (χ1n) is 7.51. The summed E-state index contributed by atoms with van der Waals surface area (Å²) in [5.41, 5.74) is 1.13. The number of alkyl halides is 1. The van der Waals surface area contributed by atoms with E-state index in [0.717, 1.165) is 25.1 Å². The maximum atomic E-state index is 13.2. The van der Waals surface area contributed by atoms with Gasteiger partial charge in [-0.3, -0.25) is 9.78 Å². The van der Waals surface area contributed by atoms with Crippen molar-refractivity contribution in [3.05, 3.63) is 30.1 Å². The Morgan fingerprint density at radius 2 is 2.48 bits per heavy atom. The average molecular weight is 292 g/mol. The molecule has 2 fully saturated rings. The molecule has 1 aromatic heterocycles. The fourth-order valence-corrected chi connectivity index (χ4v) is 2.98. The van der Waals surface area contributed by atoms with Gasteiger partial charge < -0.3 is 15.5 Å². The monoisotopic (exact) mass is 292 g/mol. The van der Waals surface area contributed by atoms with Crippen LogP contribution < -0.4 is 10.6 Å². The second kappa shape index (κ2) is 6.49. The molecule has 21 heavy (non-hydrogen) atoms. The molecule has 2 aliphatic heterocycles. The van der Waals surface area contributed by atoms with E-state index in [9.17, 15) is 9.18 Å². The first-order chi connectivity index (χ1) is 10.2. The van der Waals surface area contributed by atoms with E-state index in [-0.39, 0.29) is 24.5 Å². The van der Waals surface area contributed by atoms with Crippen LogP contribution in [0.2, 0.25) is 0 Å². The molecule has 0 saturated carbocycles. The fraction of sp³-hybridized carbons (Fsp3) is 0.600. The fourth-order valence-electron chi connectivity index (χ4n) is 2.98. The van der Waals surface area contributed by atoms with Gasteiger partial charge in [0, 0.05) is 38.1 Å². The number of carbonyl (C=O) groups is 1. The molecule has 0 spiro atoms. The van der Waals surface area contributed by atoms with Crippen LogP contribution in [0.15, 0.2) is 24.5 Å². The molecule has 114 valence electrons. The highest BCUT2D eigenvalue weighted by atomic mass is 19.1. The van der Waals surface area contributed by atoms with Crippen LogP contribution >= 0.6 is 0 Å². The van der Waals surface area contributed by atoms with Gasteiger partial charge in [-0.15, -0.1) is 0 Å². The number of amides is 1. The summed E-state index contributed by atoms with van der Waals surface area (Å²) in [7, 11) is 0. The lowest BCUT2D eigenvalue weighted by molar-refractivity contribution is -0.132. The summed E-state index contributed by atoms with van der Waals surface area (Å²) >= 11 is 0. The van der Waals surface area contributed by atoms with Crippen molar-refractivity contribution in [1.82, 2.24) is 20.5 Å². The van der Waals surface area contributed by atoms with Gasteiger partial charge in [0.2, 0.25) is 5.91 Å². The van der Waals surface area contributed by atoms with E-state index in [0.29, 0.717) is 13.0 Å². The van der Waals surface area contributed by atoms with Gasteiger partial charge in [0.05, 0.1) is 12.6 Å². The Hall–Kier alpha value is -1.53. The van der Waals surface area contributed by atoms with Crippen LogP contribution in [-0.4, -0.2) is 53.7 Å². The highest BCUT2D eigenvalue weighted by Crippen LogP contribution is 2.17. The topological polar surface area (TPSA) is 57.3 Å². The molecule has 0 radical (unpaired) electrons. The lowest BCUT2D eigenvalue weighted by Gasteiger charge is -2.20. The largest absolute Gasteiger partial charge is 0.338 e. The zero-order valence-electron chi connectivity index (χ0n) is 12.0. The Morgan fingerprint density at radius 1 is 1.57 bits per heavy atom. The molecule has 0 aromatic carbocycles. The van der Waals surface area contributed by atoms with Gasteiger partial charge in [0.25, 0.3) is 0 Å². The van der Waals surface area contributed by atoms with Crippen LogP contribution in [0.5, 0.6) is 0 Å². The third kappa shape index (κ3) is 3.57. The van der Waals surface area contributed by atoms with Crippen LogP contribution in [0, 0.1) is 0 Å². The van der Waals surface area contributed by atoms with Gasteiger partial charge >= 0.3 is 0 Å². The summed E-state index contributed by atoms with van der Waals surface area (Å²) in [6.45, 7) is 2.32. The van der Waals surface area contributed by atoms with Gasteiger partial charge in [0.1, 0.15) is 6.17 Å². The average Bonchev–Trinajstić information content (AvgIpc) is 3.14. The van der Waals surface area contributed by atoms with E-state index in [1.807, 2.05) is 18.3 Å². The molecular weight excluding hydrogens is 271 g/mol. The minimum Gasteiger partial charge on any atom is -0.338 e. The molecule has 1 unspecified atom stereocenters. The van der Waals surface area contributed by atoms with Crippen LogP contribution in [0.25, 0.3) is 0 Å². The summed E-state index contributed by atoms with van der Waals surface area (Å²) in [6.07, 6.45) is 3.97. The summed E-state index contributed by atoms with van der Waals surface area (Å²) in [5.74, 6) is 0.0424. The third-order valence-electron chi connectivity index (χ3n) is 4.19. The molecule has 3 atom stereocenters. The quantitative estimate of drug-likeness (QED) is 0.847. The van der Waals surface area contributed by atoms with Crippen molar-refractivity contribution in [1.29, 1.82) is 0 Å². The first kappa shape index (κ1) is 14.4. The minimum atomic E-state index is -0.852. The normalized spacial score (nSPS) is 29.0. The van der Waals surface area contributed by atoms with Gasteiger partial charge in [0.15, 0.2) is 0 Å². The van der Waals surface area contributed by atoms with Crippen molar-refractivity contribution in [2.24, 2.45) is 0 Å². The maximum absolute atomic E-state index is 13.2. The van der Waals surface area contributed by atoms with E-state index in [1.54, 1.807) is 11.1 Å². The Morgan fingerprint density at radius 3 is 3.19 bits per heavy atom. The standard InChI is InChI=1S/C15H21FN4O/c16-12-3-5-20(10-12)15(21)14-6-13(9-19-14)18-8-11-2-1-4-17-7-11/h1-2,4,7,12-14,18-19H,3,5-6,8-10H2/t12?,13-,14-/m0/s1.